The number of hydrogen-bond donors (Lipinski definition) is 3. The van der Waals surface area contributed by atoms with Crippen molar-refractivity contribution in [2.45, 2.75) is 45.2 Å². The molecule has 1 fully saturated rings. The molecule has 0 saturated heterocycles. The first-order valence-electron chi connectivity index (χ1n) is 8.34. The highest BCUT2D eigenvalue weighted by molar-refractivity contribution is 6.05. The predicted molar refractivity (Wildman–Crippen MR) is 91.4 cm³/mol. The van der Waals surface area contributed by atoms with E-state index in [4.69, 9.17) is 0 Å². The molecule has 0 spiro atoms. The Balaban J connectivity index is 1.54. The summed E-state index contributed by atoms with van der Waals surface area (Å²) in [5, 5.41) is 9.76. The van der Waals surface area contributed by atoms with E-state index in [9.17, 15) is 14.4 Å². The fraction of sp³-hybridized carbons (Fsp3) is 0.412. The summed E-state index contributed by atoms with van der Waals surface area (Å²) in [6.45, 7) is 1.55. The van der Waals surface area contributed by atoms with Crippen molar-refractivity contribution in [2.24, 2.45) is 0 Å². The van der Waals surface area contributed by atoms with Crippen molar-refractivity contribution in [2.75, 3.05) is 5.32 Å². The number of hydrogen-bond acceptors (Lipinski definition) is 4. The minimum absolute atomic E-state index is 0.0802. The van der Waals surface area contributed by atoms with Crippen molar-refractivity contribution in [3.05, 3.63) is 35.9 Å². The molecule has 0 aliphatic heterocycles. The van der Waals surface area contributed by atoms with Gasteiger partial charge in [-0.25, -0.2) is 0 Å². The quantitative estimate of drug-likeness (QED) is 0.694. The van der Waals surface area contributed by atoms with Gasteiger partial charge in [0.15, 0.2) is 5.78 Å². The van der Waals surface area contributed by atoms with E-state index in [1.807, 2.05) is 0 Å². The number of aromatic amines is 1. The number of anilines is 1. The van der Waals surface area contributed by atoms with E-state index in [-0.39, 0.29) is 35.9 Å². The van der Waals surface area contributed by atoms with Gasteiger partial charge in [0.1, 0.15) is 12.2 Å². The van der Waals surface area contributed by atoms with Crippen molar-refractivity contribution in [1.82, 2.24) is 20.1 Å². The molecule has 3 rings (SSSR count). The Kier molecular flexibility index (Phi) is 4.97. The van der Waals surface area contributed by atoms with E-state index in [1.54, 1.807) is 6.20 Å². The van der Waals surface area contributed by atoms with Crippen LogP contribution in [0.5, 0.6) is 0 Å². The number of Topliss-reactive ketones (excluding diaryl/α,β-unsaturated/α-hetero) is 1. The normalized spacial score (nSPS) is 14.4. The van der Waals surface area contributed by atoms with E-state index < -0.39 is 0 Å². The molecule has 2 amide bonds. The molecule has 0 unspecified atom stereocenters. The Bertz CT molecular complexity index is 786. The van der Waals surface area contributed by atoms with Gasteiger partial charge in [-0.05, 0) is 25.8 Å². The summed E-state index contributed by atoms with van der Waals surface area (Å²) in [6, 6.07) is 1.77. The van der Waals surface area contributed by atoms with Crippen LogP contribution in [0.1, 0.15) is 53.5 Å². The minimum atomic E-state index is -0.373. The molecule has 8 nitrogen and oxygen atoms in total. The molecule has 2 aromatic heterocycles. The van der Waals surface area contributed by atoms with Crippen molar-refractivity contribution in [1.29, 1.82) is 0 Å². The van der Waals surface area contributed by atoms with Crippen LogP contribution < -0.4 is 10.6 Å². The maximum atomic E-state index is 12.1. The Morgan fingerprint density at radius 2 is 2.08 bits per heavy atom. The predicted octanol–water partition coefficient (Wildman–Crippen LogP) is 1.72. The number of rotatable bonds is 6. The fourth-order valence-electron chi connectivity index (χ4n) is 2.93. The van der Waals surface area contributed by atoms with Gasteiger partial charge in [-0.1, -0.05) is 12.8 Å². The highest BCUT2D eigenvalue weighted by Crippen LogP contribution is 2.17. The summed E-state index contributed by atoms with van der Waals surface area (Å²) in [5.74, 6) is -0.567. The van der Waals surface area contributed by atoms with Crippen LogP contribution in [0, 0.1) is 0 Å². The van der Waals surface area contributed by atoms with Gasteiger partial charge < -0.3 is 15.6 Å². The molecule has 0 bridgehead atoms. The van der Waals surface area contributed by atoms with Crippen molar-refractivity contribution < 1.29 is 14.4 Å². The van der Waals surface area contributed by atoms with Crippen LogP contribution in [0.25, 0.3) is 0 Å². The molecule has 0 radical (unpaired) electrons. The lowest BCUT2D eigenvalue weighted by Crippen LogP contribution is -2.35. The lowest BCUT2D eigenvalue weighted by molar-refractivity contribution is -0.122. The highest BCUT2D eigenvalue weighted by atomic mass is 16.2. The van der Waals surface area contributed by atoms with Gasteiger partial charge in [0.05, 0.1) is 11.9 Å². The Labute approximate surface area is 145 Å². The SMILES string of the molecule is CC(=O)c1c[nH]c(C(=O)Nc2cnn(CC(=O)NC3CCCC3)c2)c1. The third-order valence-corrected chi connectivity index (χ3v) is 4.25. The first-order chi connectivity index (χ1) is 12.0. The zero-order valence-corrected chi connectivity index (χ0v) is 14.0. The molecule has 0 atom stereocenters. The summed E-state index contributed by atoms with van der Waals surface area (Å²) in [5.41, 5.74) is 1.22. The molecule has 0 aromatic carbocycles. The van der Waals surface area contributed by atoms with E-state index in [2.05, 4.69) is 20.7 Å². The Morgan fingerprint density at radius 1 is 1.32 bits per heavy atom. The number of nitrogens with one attached hydrogen (secondary N) is 3. The summed E-state index contributed by atoms with van der Waals surface area (Å²) < 4.78 is 1.48. The molecule has 2 aromatic rings. The minimum Gasteiger partial charge on any atom is -0.356 e. The van der Waals surface area contributed by atoms with Gasteiger partial charge in [0.2, 0.25) is 5.91 Å². The van der Waals surface area contributed by atoms with Crippen LogP contribution in [0.4, 0.5) is 5.69 Å². The smallest absolute Gasteiger partial charge is 0.272 e. The second-order valence-corrected chi connectivity index (χ2v) is 6.29. The zero-order chi connectivity index (χ0) is 17.8. The van der Waals surface area contributed by atoms with Gasteiger partial charge in [-0.2, -0.15) is 5.10 Å². The molecular weight excluding hydrogens is 322 g/mol. The second-order valence-electron chi connectivity index (χ2n) is 6.29. The molecule has 8 heteroatoms. The topological polar surface area (TPSA) is 109 Å². The van der Waals surface area contributed by atoms with Gasteiger partial charge in [0, 0.05) is 24.0 Å². The number of nitrogens with zero attached hydrogens (tertiary/aromatic N) is 2. The molecule has 3 N–H and O–H groups in total. The monoisotopic (exact) mass is 343 g/mol. The molecule has 132 valence electrons. The third-order valence-electron chi connectivity index (χ3n) is 4.25. The lowest BCUT2D eigenvalue weighted by atomic mass is 10.2. The second kappa shape index (κ2) is 7.33. The lowest BCUT2D eigenvalue weighted by Gasteiger charge is -2.11. The van der Waals surface area contributed by atoms with Crippen LogP contribution in [0.2, 0.25) is 0 Å². The molecule has 1 aliphatic carbocycles. The van der Waals surface area contributed by atoms with E-state index in [1.165, 1.54) is 30.1 Å². The summed E-state index contributed by atoms with van der Waals surface area (Å²) in [7, 11) is 0. The number of amides is 2. The van der Waals surface area contributed by atoms with Crippen molar-refractivity contribution in [3.8, 4) is 0 Å². The van der Waals surface area contributed by atoms with Crippen LogP contribution in [-0.4, -0.2) is 38.4 Å². The van der Waals surface area contributed by atoms with Crippen LogP contribution in [-0.2, 0) is 11.3 Å². The average molecular weight is 343 g/mol. The molecule has 25 heavy (non-hydrogen) atoms. The van der Waals surface area contributed by atoms with Crippen LogP contribution in [0.15, 0.2) is 24.7 Å². The van der Waals surface area contributed by atoms with E-state index in [0.717, 1.165) is 25.7 Å². The highest BCUT2D eigenvalue weighted by Gasteiger charge is 2.17. The number of carbonyl (C=O) groups is 3. The first-order valence-corrected chi connectivity index (χ1v) is 8.34. The summed E-state index contributed by atoms with van der Waals surface area (Å²) in [4.78, 5) is 38.2. The van der Waals surface area contributed by atoms with Crippen LogP contribution in [0.3, 0.4) is 0 Å². The van der Waals surface area contributed by atoms with Crippen molar-refractivity contribution >= 4 is 23.3 Å². The Morgan fingerprint density at radius 3 is 2.76 bits per heavy atom. The van der Waals surface area contributed by atoms with Gasteiger partial charge in [-0.3, -0.25) is 19.1 Å². The summed E-state index contributed by atoms with van der Waals surface area (Å²) >= 11 is 0. The Hall–Kier alpha value is -2.90. The van der Waals surface area contributed by atoms with Gasteiger partial charge in [0.25, 0.3) is 5.91 Å². The molecule has 2 heterocycles. The van der Waals surface area contributed by atoms with E-state index >= 15 is 0 Å². The molecule has 1 aliphatic rings. The molecular formula is C17H21N5O3. The number of aromatic nitrogens is 3. The van der Waals surface area contributed by atoms with Crippen molar-refractivity contribution in [3.63, 3.8) is 0 Å². The third kappa shape index (κ3) is 4.34. The van der Waals surface area contributed by atoms with Gasteiger partial charge in [-0.15, -0.1) is 0 Å². The maximum absolute atomic E-state index is 12.1. The summed E-state index contributed by atoms with van der Waals surface area (Å²) in [6.07, 6.45) is 8.96. The van der Waals surface area contributed by atoms with Gasteiger partial charge >= 0.3 is 0 Å². The largest absolute Gasteiger partial charge is 0.356 e. The number of ketones is 1. The van der Waals surface area contributed by atoms with E-state index in [0.29, 0.717) is 11.3 Å². The number of carbonyl (C=O) groups excluding carboxylic acids is 3. The zero-order valence-electron chi connectivity index (χ0n) is 14.0. The fourth-order valence-corrected chi connectivity index (χ4v) is 2.93. The molecule has 1 saturated carbocycles. The average Bonchev–Trinajstić information content (AvgIpc) is 3.28. The number of H-pyrrole nitrogens is 1. The first kappa shape index (κ1) is 16.9. The standard InChI is InChI=1S/C17H21N5O3/c1-11(23)12-6-15(18-7-12)17(25)21-14-8-19-22(9-14)10-16(24)20-13-4-2-3-5-13/h6-9,13,18H,2-5,10H2,1H3,(H,20,24)(H,21,25). The maximum Gasteiger partial charge on any atom is 0.272 e. The van der Waals surface area contributed by atoms with Crippen LogP contribution >= 0.6 is 0 Å².